The molecule has 0 heterocycles. The molecule has 104 valence electrons. The van der Waals surface area contributed by atoms with Gasteiger partial charge in [-0.25, -0.2) is 0 Å². The van der Waals surface area contributed by atoms with E-state index in [1.54, 1.807) is 0 Å². The zero-order chi connectivity index (χ0) is 13.0. The Morgan fingerprint density at radius 1 is 0.765 bits per heavy atom. The molecule has 0 aromatic carbocycles. The topological polar surface area (TPSA) is 27.7 Å². The first-order chi connectivity index (χ1) is 8.24. The number of hydrogen-bond acceptors (Lipinski definition) is 3. The van der Waals surface area contributed by atoms with Gasteiger partial charge in [0, 0.05) is 25.9 Å². The second kappa shape index (κ2) is 11.1. The highest BCUT2D eigenvalue weighted by molar-refractivity contribution is 6.60. The second-order valence-electron chi connectivity index (χ2n) is 3.84. The van der Waals surface area contributed by atoms with Gasteiger partial charge in [-0.3, -0.25) is 4.39 Å². The lowest BCUT2D eigenvalue weighted by Crippen LogP contribution is -2.45. The van der Waals surface area contributed by atoms with Crippen molar-refractivity contribution in [2.45, 2.75) is 52.5 Å². The molecule has 0 amide bonds. The molecule has 0 rings (SSSR count). The maximum absolute atomic E-state index is 12.0. The molecule has 3 nitrogen and oxygen atoms in total. The molecule has 0 aromatic heterocycles. The first-order valence-electron chi connectivity index (χ1n) is 6.72. The second-order valence-corrected chi connectivity index (χ2v) is 6.57. The molecule has 0 aliphatic carbocycles. The van der Waals surface area contributed by atoms with E-state index in [1.165, 1.54) is 0 Å². The zero-order valence-electron chi connectivity index (χ0n) is 11.5. The van der Waals surface area contributed by atoms with Crippen molar-refractivity contribution in [3.63, 3.8) is 0 Å². The average molecular weight is 266 g/mol. The molecule has 5 heteroatoms. The van der Waals surface area contributed by atoms with Crippen molar-refractivity contribution >= 4 is 8.80 Å². The quantitative estimate of drug-likeness (QED) is 0.399. The Kier molecular flexibility index (Phi) is 11.2. The van der Waals surface area contributed by atoms with Gasteiger partial charge in [-0.2, -0.15) is 0 Å². The predicted octanol–water partition coefficient (Wildman–Crippen LogP) is 3.56. The predicted molar refractivity (Wildman–Crippen MR) is 69.9 cm³/mol. The lowest BCUT2D eigenvalue weighted by atomic mass is 10.2. The van der Waals surface area contributed by atoms with Gasteiger partial charge in [-0.15, -0.1) is 0 Å². The lowest BCUT2D eigenvalue weighted by molar-refractivity contribution is 0.0706. The van der Waals surface area contributed by atoms with Crippen molar-refractivity contribution in [3.8, 4) is 0 Å². The number of alkyl halides is 1. The highest BCUT2D eigenvalue weighted by Gasteiger charge is 2.39. The Morgan fingerprint density at radius 2 is 1.24 bits per heavy atom. The van der Waals surface area contributed by atoms with Crippen LogP contribution in [0.3, 0.4) is 0 Å². The van der Waals surface area contributed by atoms with Gasteiger partial charge in [-0.1, -0.05) is 12.8 Å². The van der Waals surface area contributed by atoms with E-state index in [9.17, 15) is 4.39 Å². The Morgan fingerprint density at radius 3 is 1.65 bits per heavy atom. The van der Waals surface area contributed by atoms with Crippen molar-refractivity contribution < 1.29 is 17.7 Å². The summed E-state index contributed by atoms with van der Waals surface area (Å²) in [6, 6.07) is 0.842. The van der Waals surface area contributed by atoms with E-state index in [1.807, 2.05) is 20.8 Å². The summed E-state index contributed by atoms with van der Waals surface area (Å²) < 4.78 is 29.2. The van der Waals surface area contributed by atoms with E-state index >= 15 is 0 Å². The van der Waals surface area contributed by atoms with Crippen molar-refractivity contribution in [1.82, 2.24) is 0 Å². The molecular formula is C12H27FO3Si. The monoisotopic (exact) mass is 266 g/mol. The highest BCUT2D eigenvalue weighted by atomic mass is 28.4. The largest absolute Gasteiger partial charge is 0.500 e. The molecule has 0 saturated heterocycles. The minimum atomic E-state index is -2.45. The lowest BCUT2D eigenvalue weighted by Gasteiger charge is -2.28. The molecule has 0 atom stereocenters. The van der Waals surface area contributed by atoms with Gasteiger partial charge in [0.05, 0.1) is 6.67 Å². The fraction of sp³-hybridized carbons (Fsp3) is 1.00. The molecule has 0 N–H and O–H groups in total. The molecule has 0 aliphatic heterocycles. The van der Waals surface area contributed by atoms with Gasteiger partial charge in [0.2, 0.25) is 0 Å². The minimum absolute atomic E-state index is 0.217. The smallest absolute Gasteiger partial charge is 0.374 e. The summed E-state index contributed by atoms with van der Waals surface area (Å²) in [5.41, 5.74) is 0. The van der Waals surface area contributed by atoms with Crippen LogP contribution in [-0.2, 0) is 13.3 Å². The van der Waals surface area contributed by atoms with E-state index in [0.29, 0.717) is 26.2 Å². The SMILES string of the molecule is CCO[Si](CCCCCCF)(OCC)OCC. The maximum Gasteiger partial charge on any atom is 0.500 e. The van der Waals surface area contributed by atoms with Crippen LogP contribution in [0.4, 0.5) is 4.39 Å². The summed E-state index contributed by atoms with van der Waals surface area (Å²) in [5, 5.41) is 0. The molecule has 0 aromatic rings. The summed E-state index contributed by atoms with van der Waals surface area (Å²) in [4.78, 5) is 0. The molecule has 17 heavy (non-hydrogen) atoms. The van der Waals surface area contributed by atoms with Crippen LogP contribution in [0.25, 0.3) is 0 Å². The summed E-state index contributed by atoms with van der Waals surface area (Å²) in [6.45, 7) is 7.53. The third-order valence-corrected chi connectivity index (χ3v) is 5.61. The van der Waals surface area contributed by atoms with Crippen LogP contribution < -0.4 is 0 Å². The average Bonchev–Trinajstić information content (AvgIpc) is 2.30. The third kappa shape index (κ3) is 7.86. The van der Waals surface area contributed by atoms with E-state index in [2.05, 4.69) is 0 Å². The van der Waals surface area contributed by atoms with Gasteiger partial charge in [0.1, 0.15) is 0 Å². The number of unbranched alkanes of at least 4 members (excludes halogenated alkanes) is 3. The summed E-state index contributed by atoms with van der Waals surface area (Å²) in [6.07, 6.45) is 3.61. The first-order valence-corrected chi connectivity index (χ1v) is 8.65. The van der Waals surface area contributed by atoms with Crippen molar-refractivity contribution in [2.24, 2.45) is 0 Å². The first kappa shape index (κ1) is 17.0. The summed E-state index contributed by atoms with van der Waals surface area (Å²) in [7, 11) is -2.45. The van der Waals surface area contributed by atoms with Crippen LogP contribution in [0, 0.1) is 0 Å². The Labute approximate surface area is 106 Å². The zero-order valence-corrected chi connectivity index (χ0v) is 12.5. The number of hydrogen-bond donors (Lipinski definition) is 0. The van der Waals surface area contributed by atoms with Gasteiger partial charge < -0.3 is 13.3 Å². The highest BCUT2D eigenvalue weighted by Crippen LogP contribution is 2.20. The van der Waals surface area contributed by atoms with Crippen LogP contribution in [-0.4, -0.2) is 35.3 Å². The molecule has 0 fully saturated rings. The molecule has 0 radical (unpaired) electrons. The van der Waals surface area contributed by atoms with E-state index < -0.39 is 8.80 Å². The van der Waals surface area contributed by atoms with Crippen LogP contribution in [0.15, 0.2) is 0 Å². The molecule has 0 saturated carbocycles. The van der Waals surface area contributed by atoms with Crippen LogP contribution in [0.2, 0.25) is 6.04 Å². The van der Waals surface area contributed by atoms with Crippen LogP contribution >= 0.6 is 0 Å². The molecule has 0 aliphatic rings. The number of rotatable bonds is 12. The summed E-state index contributed by atoms with van der Waals surface area (Å²) in [5.74, 6) is 0. The van der Waals surface area contributed by atoms with Crippen molar-refractivity contribution in [1.29, 1.82) is 0 Å². The summed E-state index contributed by atoms with van der Waals surface area (Å²) >= 11 is 0. The van der Waals surface area contributed by atoms with Gasteiger partial charge in [-0.05, 0) is 33.6 Å². The van der Waals surface area contributed by atoms with Gasteiger partial charge in [0.15, 0.2) is 0 Å². The Balaban J connectivity index is 4.05. The van der Waals surface area contributed by atoms with E-state index in [0.717, 1.165) is 25.3 Å². The standard InChI is InChI=1S/C12H27FO3Si/c1-4-14-17(15-5-2,16-6-3)12-10-8-7-9-11-13/h4-12H2,1-3H3. The van der Waals surface area contributed by atoms with E-state index in [4.69, 9.17) is 13.3 Å². The van der Waals surface area contributed by atoms with Gasteiger partial charge in [0.25, 0.3) is 0 Å². The molecule has 0 bridgehead atoms. The fourth-order valence-corrected chi connectivity index (χ4v) is 4.48. The van der Waals surface area contributed by atoms with Crippen LogP contribution in [0.1, 0.15) is 46.5 Å². The Bertz CT molecular complexity index is 153. The van der Waals surface area contributed by atoms with Crippen molar-refractivity contribution in [2.75, 3.05) is 26.5 Å². The van der Waals surface area contributed by atoms with Crippen molar-refractivity contribution in [3.05, 3.63) is 0 Å². The maximum atomic E-state index is 12.0. The molecule has 0 unspecified atom stereocenters. The molecule has 0 spiro atoms. The van der Waals surface area contributed by atoms with Gasteiger partial charge >= 0.3 is 8.80 Å². The Hall–Kier alpha value is 0.0269. The normalized spacial score (nSPS) is 12.0. The van der Waals surface area contributed by atoms with Crippen LogP contribution in [0.5, 0.6) is 0 Å². The molecular weight excluding hydrogens is 239 g/mol. The number of halogens is 1. The third-order valence-electron chi connectivity index (χ3n) is 2.46. The van der Waals surface area contributed by atoms with E-state index in [-0.39, 0.29) is 6.67 Å². The minimum Gasteiger partial charge on any atom is -0.374 e. The fourth-order valence-electron chi connectivity index (χ4n) is 1.79.